The lowest BCUT2D eigenvalue weighted by Gasteiger charge is -2.18. The molecule has 32 heavy (non-hydrogen) atoms. The minimum Gasteiger partial charge on any atom is -0.467 e. The summed E-state index contributed by atoms with van der Waals surface area (Å²) >= 11 is 7.88. The maximum atomic E-state index is 13.0. The van der Waals surface area contributed by atoms with Crippen LogP contribution in [0.15, 0.2) is 75.3 Å². The van der Waals surface area contributed by atoms with Crippen molar-refractivity contribution in [1.82, 2.24) is 13.9 Å². The monoisotopic (exact) mass is 489 g/mol. The first-order valence-electron chi connectivity index (χ1n) is 10.3. The van der Waals surface area contributed by atoms with Gasteiger partial charge in [-0.05, 0) is 42.0 Å². The van der Waals surface area contributed by atoms with Gasteiger partial charge >= 0.3 is 0 Å². The smallest absolute Gasteiger partial charge is 0.243 e. The fourth-order valence-electron chi connectivity index (χ4n) is 3.54. The summed E-state index contributed by atoms with van der Waals surface area (Å²) in [5, 5.41) is 1.48. The number of halogens is 1. The maximum absolute atomic E-state index is 13.0. The second-order valence-electron chi connectivity index (χ2n) is 7.18. The van der Waals surface area contributed by atoms with Gasteiger partial charge in [-0.15, -0.1) is 0 Å². The second-order valence-corrected chi connectivity index (χ2v) is 10.5. The number of thioether (sulfide) groups is 1. The van der Waals surface area contributed by atoms with Gasteiger partial charge in [-0.1, -0.05) is 55.4 Å². The largest absolute Gasteiger partial charge is 0.467 e. The molecule has 0 saturated heterocycles. The highest BCUT2D eigenvalue weighted by atomic mass is 35.5. The Labute approximate surface area is 197 Å². The molecule has 0 spiro atoms. The van der Waals surface area contributed by atoms with E-state index in [0.717, 1.165) is 22.0 Å². The second kappa shape index (κ2) is 9.70. The van der Waals surface area contributed by atoms with Crippen LogP contribution in [0.4, 0.5) is 0 Å². The van der Waals surface area contributed by atoms with Gasteiger partial charge in [0, 0.05) is 23.9 Å². The predicted molar refractivity (Wildman–Crippen MR) is 129 cm³/mol. The summed E-state index contributed by atoms with van der Waals surface area (Å²) in [6, 6.07) is 16.6. The molecule has 6 nitrogen and oxygen atoms in total. The molecule has 4 rings (SSSR count). The third-order valence-corrected chi connectivity index (χ3v) is 8.68. The van der Waals surface area contributed by atoms with Crippen LogP contribution in [-0.4, -0.2) is 35.4 Å². The molecule has 0 fully saturated rings. The van der Waals surface area contributed by atoms with Crippen LogP contribution in [-0.2, 0) is 22.3 Å². The van der Waals surface area contributed by atoms with Crippen molar-refractivity contribution in [3.63, 3.8) is 0 Å². The fraction of sp³-hybridized carbons (Fsp3) is 0.261. The van der Waals surface area contributed by atoms with E-state index in [4.69, 9.17) is 21.0 Å². The van der Waals surface area contributed by atoms with Crippen LogP contribution < -0.4 is 0 Å². The molecule has 2 aromatic carbocycles. The Bertz CT molecular complexity index is 1310. The van der Waals surface area contributed by atoms with Crippen LogP contribution in [0.2, 0.25) is 5.02 Å². The van der Waals surface area contributed by atoms with E-state index in [1.807, 2.05) is 60.9 Å². The predicted octanol–water partition coefficient (Wildman–Crippen LogP) is 5.65. The summed E-state index contributed by atoms with van der Waals surface area (Å²) in [7, 11) is -3.57. The van der Waals surface area contributed by atoms with Crippen molar-refractivity contribution >= 4 is 44.4 Å². The molecular weight excluding hydrogens is 466 g/mol. The number of aromatic nitrogens is 2. The average molecular weight is 490 g/mol. The molecule has 168 valence electrons. The Balaban J connectivity index is 1.74. The van der Waals surface area contributed by atoms with Crippen LogP contribution in [0.5, 0.6) is 0 Å². The Hall–Kier alpha value is -2.26. The highest BCUT2D eigenvalue weighted by Gasteiger charge is 2.23. The standard InChI is InChI=1S/C23H24ClN3O3S2/c1-3-26(4-2)32(28,29)19-11-12-22-21(14-19)25-23(27(22)15-18-9-7-13-30-18)31-16-17-8-5-6-10-20(17)24/h5-14H,3-4,15-16H2,1-2H3. The fourth-order valence-corrected chi connectivity index (χ4v) is 6.32. The Morgan fingerprint density at radius 1 is 1.09 bits per heavy atom. The molecule has 0 amide bonds. The van der Waals surface area contributed by atoms with Gasteiger partial charge < -0.3 is 8.98 Å². The molecule has 0 saturated carbocycles. The number of hydrogen-bond acceptors (Lipinski definition) is 5. The summed E-state index contributed by atoms with van der Waals surface area (Å²) in [5.74, 6) is 1.44. The van der Waals surface area contributed by atoms with Crippen molar-refractivity contribution in [2.75, 3.05) is 13.1 Å². The minimum atomic E-state index is -3.57. The van der Waals surface area contributed by atoms with Gasteiger partial charge in [0.2, 0.25) is 10.0 Å². The lowest BCUT2D eigenvalue weighted by atomic mass is 10.2. The molecule has 0 bridgehead atoms. The van der Waals surface area contributed by atoms with E-state index < -0.39 is 10.0 Å². The normalized spacial score (nSPS) is 12.1. The first kappa shape index (κ1) is 22.9. The molecule has 4 aromatic rings. The number of rotatable bonds is 9. The Morgan fingerprint density at radius 2 is 1.88 bits per heavy atom. The maximum Gasteiger partial charge on any atom is 0.243 e. The van der Waals surface area contributed by atoms with Crippen molar-refractivity contribution in [3.8, 4) is 0 Å². The number of imidazole rings is 1. The zero-order valence-electron chi connectivity index (χ0n) is 17.9. The third-order valence-electron chi connectivity index (χ3n) is 5.24. The van der Waals surface area contributed by atoms with Crippen LogP contribution in [0.3, 0.4) is 0 Å². The number of sulfonamides is 1. The third kappa shape index (κ3) is 4.59. The van der Waals surface area contributed by atoms with Crippen LogP contribution in [0, 0.1) is 0 Å². The summed E-state index contributed by atoms with van der Waals surface area (Å²) < 4.78 is 35.0. The van der Waals surface area contributed by atoms with Crippen molar-refractivity contribution < 1.29 is 12.8 Å². The van der Waals surface area contributed by atoms with E-state index in [-0.39, 0.29) is 4.90 Å². The number of furan rings is 1. The number of nitrogens with zero attached hydrogens (tertiary/aromatic N) is 3. The minimum absolute atomic E-state index is 0.249. The van der Waals surface area contributed by atoms with E-state index in [9.17, 15) is 8.42 Å². The van der Waals surface area contributed by atoms with Gasteiger partial charge in [-0.25, -0.2) is 13.4 Å². The van der Waals surface area contributed by atoms with E-state index in [0.29, 0.717) is 35.9 Å². The quantitative estimate of drug-likeness (QED) is 0.284. The molecule has 0 aliphatic rings. The summed E-state index contributed by atoms with van der Waals surface area (Å²) in [6.45, 7) is 5.00. The summed E-state index contributed by atoms with van der Waals surface area (Å²) in [4.78, 5) is 5.03. The molecule has 0 aliphatic heterocycles. The van der Waals surface area contributed by atoms with Crippen molar-refractivity contribution in [3.05, 3.63) is 77.2 Å². The molecule has 2 aromatic heterocycles. The van der Waals surface area contributed by atoms with Crippen LogP contribution >= 0.6 is 23.4 Å². The molecular formula is C23H24ClN3O3S2. The summed E-state index contributed by atoms with van der Waals surface area (Å²) in [6.07, 6.45) is 1.64. The first-order chi connectivity index (χ1) is 15.4. The van der Waals surface area contributed by atoms with E-state index in [1.54, 1.807) is 30.2 Å². The van der Waals surface area contributed by atoms with Crippen LogP contribution in [0.1, 0.15) is 25.2 Å². The van der Waals surface area contributed by atoms with Crippen molar-refractivity contribution in [2.24, 2.45) is 0 Å². The van der Waals surface area contributed by atoms with Gasteiger partial charge in [0.25, 0.3) is 0 Å². The Morgan fingerprint density at radius 3 is 2.56 bits per heavy atom. The zero-order valence-corrected chi connectivity index (χ0v) is 20.3. The molecule has 9 heteroatoms. The molecule has 0 atom stereocenters. The van der Waals surface area contributed by atoms with Crippen LogP contribution in [0.25, 0.3) is 11.0 Å². The molecule has 2 heterocycles. The van der Waals surface area contributed by atoms with Crippen molar-refractivity contribution in [2.45, 2.75) is 36.2 Å². The van der Waals surface area contributed by atoms with Gasteiger partial charge in [-0.3, -0.25) is 0 Å². The molecule has 0 unspecified atom stereocenters. The van der Waals surface area contributed by atoms with E-state index >= 15 is 0 Å². The van der Waals surface area contributed by atoms with Gasteiger partial charge in [-0.2, -0.15) is 4.31 Å². The lowest BCUT2D eigenvalue weighted by Crippen LogP contribution is -2.30. The van der Waals surface area contributed by atoms with Gasteiger partial charge in [0.1, 0.15) is 5.76 Å². The zero-order chi connectivity index (χ0) is 22.7. The number of fused-ring (bicyclic) bond motifs is 1. The number of benzene rings is 2. The molecule has 0 N–H and O–H groups in total. The lowest BCUT2D eigenvalue weighted by molar-refractivity contribution is 0.445. The van der Waals surface area contributed by atoms with E-state index in [2.05, 4.69) is 0 Å². The van der Waals surface area contributed by atoms with Gasteiger partial charge in [0.05, 0.1) is 28.7 Å². The van der Waals surface area contributed by atoms with Gasteiger partial charge in [0.15, 0.2) is 5.16 Å². The van der Waals surface area contributed by atoms with Crippen molar-refractivity contribution in [1.29, 1.82) is 0 Å². The molecule has 0 aliphatic carbocycles. The highest BCUT2D eigenvalue weighted by molar-refractivity contribution is 7.98. The SMILES string of the molecule is CCN(CC)S(=O)(=O)c1ccc2c(c1)nc(SCc1ccccc1Cl)n2Cc1ccco1. The first-order valence-corrected chi connectivity index (χ1v) is 13.1. The van der Waals surface area contributed by atoms with E-state index in [1.165, 1.54) is 4.31 Å². The summed E-state index contributed by atoms with van der Waals surface area (Å²) in [5.41, 5.74) is 2.49. The Kier molecular flexibility index (Phi) is 6.95. The topological polar surface area (TPSA) is 68.3 Å². The number of hydrogen-bond donors (Lipinski definition) is 0. The molecule has 0 radical (unpaired) electrons. The average Bonchev–Trinajstić information content (AvgIpc) is 3.42. The highest BCUT2D eigenvalue weighted by Crippen LogP contribution is 2.31.